The van der Waals surface area contributed by atoms with E-state index < -0.39 is 0 Å². The van der Waals surface area contributed by atoms with Gasteiger partial charge in [-0.15, -0.1) is 0 Å². The average molecular weight is 263 g/mol. The lowest BCUT2D eigenvalue weighted by Gasteiger charge is -2.40. The van der Waals surface area contributed by atoms with Crippen LogP contribution in [0.15, 0.2) is 15.3 Å². The number of hydrogen-bond donors (Lipinski definition) is 0. The van der Waals surface area contributed by atoms with Crippen LogP contribution in [0.3, 0.4) is 0 Å². The van der Waals surface area contributed by atoms with E-state index in [0.717, 1.165) is 25.3 Å². The molecule has 1 aromatic rings. The molecule has 0 aromatic carbocycles. The lowest BCUT2D eigenvalue weighted by molar-refractivity contribution is -0.0355. The highest BCUT2D eigenvalue weighted by Gasteiger charge is 2.34. The maximum absolute atomic E-state index is 11.9. The first-order chi connectivity index (χ1) is 9.15. The van der Waals surface area contributed by atoms with E-state index in [0.29, 0.717) is 17.2 Å². The Labute approximate surface area is 113 Å². The molecule has 0 unspecified atom stereocenters. The number of aryl methyl sites for hydroxylation is 1. The van der Waals surface area contributed by atoms with Crippen LogP contribution in [0.25, 0.3) is 0 Å². The maximum Gasteiger partial charge on any atom is 0.342 e. The summed E-state index contributed by atoms with van der Waals surface area (Å²) in [7, 11) is 0. The van der Waals surface area contributed by atoms with Crippen molar-refractivity contribution in [3.8, 4) is 5.75 Å². The average Bonchev–Trinajstić information content (AvgIpc) is 2.40. The Morgan fingerprint density at radius 2 is 2.00 bits per heavy atom. The molecule has 2 aliphatic rings. The maximum atomic E-state index is 11.9. The molecular formula is C15H21NO3. The molecule has 3 heterocycles. The molecule has 4 nitrogen and oxygen atoms in total. The quantitative estimate of drug-likeness (QED) is 0.780. The molecular weight excluding hydrogens is 242 g/mol. The molecule has 19 heavy (non-hydrogen) atoms. The first-order valence-corrected chi connectivity index (χ1v) is 7.19. The van der Waals surface area contributed by atoms with E-state index in [1.54, 1.807) is 6.92 Å². The fourth-order valence-corrected chi connectivity index (χ4v) is 3.17. The summed E-state index contributed by atoms with van der Waals surface area (Å²) in [6.07, 6.45) is 4.66. The van der Waals surface area contributed by atoms with Gasteiger partial charge in [-0.25, -0.2) is 4.79 Å². The first kappa shape index (κ1) is 12.7. The lowest BCUT2D eigenvalue weighted by atomic mass is 9.95. The van der Waals surface area contributed by atoms with Crippen LogP contribution in [0.4, 0.5) is 0 Å². The molecule has 0 amide bonds. The Morgan fingerprint density at radius 3 is 2.74 bits per heavy atom. The molecule has 104 valence electrons. The van der Waals surface area contributed by atoms with Crippen molar-refractivity contribution in [2.24, 2.45) is 5.92 Å². The number of ether oxygens (including phenoxy) is 1. The third kappa shape index (κ3) is 2.41. The number of nitrogens with zero attached hydrogens (tertiary/aromatic N) is 1. The molecule has 0 bridgehead atoms. The van der Waals surface area contributed by atoms with E-state index in [9.17, 15) is 4.79 Å². The highest BCUT2D eigenvalue weighted by molar-refractivity contribution is 5.33. The van der Waals surface area contributed by atoms with E-state index in [1.807, 2.05) is 6.07 Å². The van der Waals surface area contributed by atoms with E-state index in [1.165, 1.54) is 19.3 Å². The van der Waals surface area contributed by atoms with Crippen molar-refractivity contribution >= 4 is 0 Å². The van der Waals surface area contributed by atoms with Crippen molar-refractivity contribution in [3.05, 3.63) is 27.8 Å². The second-order valence-corrected chi connectivity index (χ2v) is 5.77. The van der Waals surface area contributed by atoms with Gasteiger partial charge in [0.05, 0.1) is 5.56 Å². The number of piperidine rings is 1. The van der Waals surface area contributed by atoms with E-state index in [2.05, 4.69) is 11.8 Å². The summed E-state index contributed by atoms with van der Waals surface area (Å²) in [4.78, 5) is 14.3. The van der Waals surface area contributed by atoms with Crippen LogP contribution >= 0.6 is 0 Å². The SMILES string of the molecule is Cc1cc2c(c(=O)o1)C[C@@H](C)[C@H](N1CCCCC1)O2. The van der Waals surface area contributed by atoms with Gasteiger partial charge in [0, 0.05) is 25.1 Å². The monoisotopic (exact) mass is 263 g/mol. The van der Waals surface area contributed by atoms with Gasteiger partial charge in [-0.1, -0.05) is 13.3 Å². The largest absolute Gasteiger partial charge is 0.474 e. The molecule has 1 fully saturated rings. The van der Waals surface area contributed by atoms with Crippen molar-refractivity contribution in [3.63, 3.8) is 0 Å². The summed E-state index contributed by atoms with van der Waals surface area (Å²) in [5.41, 5.74) is 0.463. The summed E-state index contributed by atoms with van der Waals surface area (Å²) in [6.45, 7) is 6.15. The van der Waals surface area contributed by atoms with Gasteiger partial charge in [0.15, 0.2) is 6.23 Å². The van der Waals surface area contributed by atoms with E-state index in [4.69, 9.17) is 9.15 Å². The molecule has 0 saturated carbocycles. The predicted octanol–water partition coefficient (Wildman–Crippen LogP) is 2.33. The van der Waals surface area contributed by atoms with Gasteiger partial charge in [-0.05, 0) is 26.2 Å². The standard InChI is InChI=1S/C15H21NO3/c1-10-8-12-13(9-11(2)18-15(12)17)19-14(10)16-6-4-3-5-7-16/h9-10,14H,3-8H2,1-2H3/t10-,14-/m1/s1. The summed E-state index contributed by atoms with van der Waals surface area (Å²) in [5.74, 6) is 1.68. The second-order valence-electron chi connectivity index (χ2n) is 5.77. The highest BCUT2D eigenvalue weighted by atomic mass is 16.5. The molecule has 0 spiro atoms. The minimum Gasteiger partial charge on any atom is -0.474 e. The second kappa shape index (κ2) is 5.00. The normalized spacial score (nSPS) is 27.7. The molecule has 1 aromatic heterocycles. The Kier molecular flexibility index (Phi) is 3.35. The molecule has 4 heteroatoms. The zero-order valence-corrected chi connectivity index (χ0v) is 11.6. The minimum atomic E-state index is -0.237. The van der Waals surface area contributed by atoms with Crippen molar-refractivity contribution < 1.29 is 9.15 Å². The Bertz CT molecular complexity index is 517. The lowest BCUT2D eigenvalue weighted by Crippen LogP contribution is -2.49. The Balaban J connectivity index is 1.88. The number of rotatable bonds is 1. The van der Waals surface area contributed by atoms with Gasteiger partial charge in [0.25, 0.3) is 0 Å². The number of hydrogen-bond acceptors (Lipinski definition) is 4. The summed E-state index contributed by atoms with van der Waals surface area (Å²) < 4.78 is 11.3. The van der Waals surface area contributed by atoms with Crippen molar-refractivity contribution in [1.29, 1.82) is 0 Å². The van der Waals surface area contributed by atoms with Crippen molar-refractivity contribution in [2.45, 2.75) is 45.8 Å². The van der Waals surface area contributed by atoms with Crippen LogP contribution in [0.2, 0.25) is 0 Å². The van der Waals surface area contributed by atoms with Gasteiger partial charge in [0.1, 0.15) is 11.5 Å². The topological polar surface area (TPSA) is 42.7 Å². The van der Waals surface area contributed by atoms with E-state index >= 15 is 0 Å². The number of likely N-dealkylation sites (tertiary alicyclic amines) is 1. The van der Waals surface area contributed by atoms with E-state index in [-0.39, 0.29) is 11.9 Å². The summed E-state index contributed by atoms with van der Waals surface area (Å²) in [5, 5.41) is 0. The molecule has 2 aliphatic heterocycles. The summed E-state index contributed by atoms with van der Waals surface area (Å²) in [6, 6.07) is 1.85. The van der Waals surface area contributed by atoms with Crippen LogP contribution in [-0.4, -0.2) is 24.2 Å². The molecule has 0 aliphatic carbocycles. The van der Waals surface area contributed by atoms with Crippen LogP contribution in [-0.2, 0) is 6.42 Å². The zero-order chi connectivity index (χ0) is 13.4. The van der Waals surface area contributed by atoms with Gasteiger partial charge in [0.2, 0.25) is 0 Å². The molecule has 0 N–H and O–H groups in total. The Hall–Kier alpha value is -1.29. The zero-order valence-electron chi connectivity index (χ0n) is 11.6. The summed E-state index contributed by atoms with van der Waals surface area (Å²) >= 11 is 0. The third-order valence-corrected chi connectivity index (χ3v) is 4.14. The molecule has 0 radical (unpaired) electrons. The molecule has 1 saturated heterocycles. The van der Waals surface area contributed by atoms with Crippen molar-refractivity contribution in [2.75, 3.05) is 13.1 Å². The van der Waals surface area contributed by atoms with Gasteiger partial charge >= 0.3 is 5.63 Å². The van der Waals surface area contributed by atoms with Gasteiger partial charge < -0.3 is 9.15 Å². The first-order valence-electron chi connectivity index (χ1n) is 7.19. The van der Waals surface area contributed by atoms with Gasteiger partial charge in [-0.3, -0.25) is 4.90 Å². The smallest absolute Gasteiger partial charge is 0.342 e. The fraction of sp³-hybridized carbons (Fsp3) is 0.667. The Morgan fingerprint density at radius 1 is 1.26 bits per heavy atom. The van der Waals surface area contributed by atoms with Crippen LogP contribution in [0.5, 0.6) is 5.75 Å². The van der Waals surface area contributed by atoms with Crippen LogP contribution in [0.1, 0.15) is 37.5 Å². The van der Waals surface area contributed by atoms with Crippen molar-refractivity contribution in [1.82, 2.24) is 4.90 Å². The van der Waals surface area contributed by atoms with Gasteiger partial charge in [-0.2, -0.15) is 0 Å². The molecule has 3 rings (SSSR count). The van der Waals surface area contributed by atoms with Crippen LogP contribution < -0.4 is 10.4 Å². The highest BCUT2D eigenvalue weighted by Crippen LogP contribution is 2.31. The molecule has 2 atom stereocenters. The number of fused-ring (bicyclic) bond motifs is 1. The minimum absolute atomic E-state index is 0.106. The third-order valence-electron chi connectivity index (χ3n) is 4.14. The van der Waals surface area contributed by atoms with Crippen LogP contribution in [0, 0.1) is 12.8 Å². The fourth-order valence-electron chi connectivity index (χ4n) is 3.17. The predicted molar refractivity (Wildman–Crippen MR) is 72.4 cm³/mol.